The molecule has 0 spiro atoms. The Morgan fingerprint density at radius 2 is 1.93 bits per heavy atom. The second-order valence-corrected chi connectivity index (χ2v) is 4.23. The molecule has 0 amide bonds. The first kappa shape index (κ1) is 11.6. The molecule has 1 aromatic carbocycles. The topological polar surface area (TPSA) is 26.0 Å². The second-order valence-electron chi connectivity index (χ2n) is 3.37. The van der Waals surface area contributed by atoms with Crippen molar-refractivity contribution in [1.82, 2.24) is 0 Å². The summed E-state index contributed by atoms with van der Waals surface area (Å²) in [5.41, 5.74) is 6.33. The summed E-state index contributed by atoms with van der Waals surface area (Å²) in [7, 11) is 0. The largest absolute Gasteiger partial charge is 0.328 e. The summed E-state index contributed by atoms with van der Waals surface area (Å²) in [6, 6.07) is 2.42. The third-order valence-electron chi connectivity index (χ3n) is 1.96. The zero-order valence-electron chi connectivity index (χ0n) is 7.86. The third kappa shape index (κ3) is 3.03. The highest BCUT2D eigenvalue weighted by Gasteiger charge is 2.08. The molecule has 4 heteroatoms. The average molecular weight is 264 g/mol. The van der Waals surface area contributed by atoms with Crippen LogP contribution in [0.1, 0.15) is 18.9 Å². The zero-order chi connectivity index (χ0) is 10.7. The molecule has 0 saturated heterocycles. The van der Waals surface area contributed by atoms with E-state index in [0.717, 1.165) is 18.1 Å². The van der Waals surface area contributed by atoms with E-state index in [9.17, 15) is 8.78 Å². The van der Waals surface area contributed by atoms with Crippen LogP contribution < -0.4 is 5.73 Å². The molecule has 0 unspecified atom stereocenters. The summed E-state index contributed by atoms with van der Waals surface area (Å²) < 4.78 is 26.2. The fourth-order valence-electron chi connectivity index (χ4n) is 1.14. The van der Waals surface area contributed by atoms with Crippen LogP contribution in [-0.2, 0) is 6.42 Å². The van der Waals surface area contributed by atoms with Crippen molar-refractivity contribution in [2.45, 2.75) is 25.8 Å². The molecule has 0 bridgehead atoms. The van der Waals surface area contributed by atoms with Gasteiger partial charge in [0.1, 0.15) is 0 Å². The standard InChI is InChI=1S/C10H12BrF2N/c1-6(14)2-3-7-4-9(12)10(13)5-8(7)11/h4-6H,2-3,14H2,1H3/t6-/m0/s1. The fourth-order valence-corrected chi connectivity index (χ4v) is 1.65. The van der Waals surface area contributed by atoms with E-state index in [1.165, 1.54) is 6.07 Å². The van der Waals surface area contributed by atoms with Crippen LogP contribution in [0.15, 0.2) is 16.6 Å². The Morgan fingerprint density at radius 1 is 1.36 bits per heavy atom. The number of halogens is 3. The molecule has 1 nitrogen and oxygen atoms in total. The molecular formula is C10H12BrF2N. The summed E-state index contributed by atoms with van der Waals surface area (Å²) in [6.07, 6.45) is 1.40. The van der Waals surface area contributed by atoms with Gasteiger partial charge in [-0.1, -0.05) is 15.9 Å². The van der Waals surface area contributed by atoms with Gasteiger partial charge in [0.25, 0.3) is 0 Å². The van der Waals surface area contributed by atoms with Crippen molar-refractivity contribution < 1.29 is 8.78 Å². The van der Waals surface area contributed by atoms with Crippen molar-refractivity contribution in [2.75, 3.05) is 0 Å². The number of nitrogens with two attached hydrogens (primary N) is 1. The van der Waals surface area contributed by atoms with Crippen LogP contribution in [0.5, 0.6) is 0 Å². The Bertz CT molecular complexity index is 326. The molecule has 0 aliphatic heterocycles. The second kappa shape index (κ2) is 4.84. The van der Waals surface area contributed by atoms with Gasteiger partial charge in [0.15, 0.2) is 11.6 Å². The van der Waals surface area contributed by atoms with Crippen LogP contribution in [0.25, 0.3) is 0 Å². The van der Waals surface area contributed by atoms with Crippen molar-refractivity contribution in [1.29, 1.82) is 0 Å². The lowest BCUT2D eigenvalue weighted by Crippen LogP contribution is -2.15. The van der Waals surface area contributed by atoms with E-state index in [1.54, 1.807) is 0 Å². The molecule has 0 saturated carbocycles. The van der Waals surface area contributed by atoms with Crippen LogP contribution in [0, 0.1) is 11.6 Å². The van der Waals surface area contributed by atoms with Gasteiger partial charge < -0.3 is 5.73 Å². The Morgan fingerprint density at radius 3 is 2.50 bits per heavy atom. The van der Waals surface area contributed by atoms with E-state index in [-0.39, 0.29) is 6.04 Å². The summed E-state index contributed by atoms with van der Waals surface area (Å²) >= 11 is 3.18. The molecule has 78 valence electrons. The molecule has 0 aliphatic carbocycles. The maximum Gasteiger partial charge on any atom is 0.159 e. The molecule has 14 heavy (non-hydrogen) atoms. The third-order valence-corrected chi connectivity index (χ3v) is 2.70. The van der Waals surface area contributed by atoms with Gasteiger partial charge in [0.2, 0.25) is 0 Å². The highest BCUT2D eigenvalue weighted by atomic mass is 79.9. The van der Waals surface area contributed by atoms with Gasteiger partial charge >= 0.3 is 0 Å². The average Bonchev–Trinajstić information content (AvgIpc) is 2.09. The van der Waals surface area contributed by atoms with E-state index in [0.29, 0.717) is 10.9 Å². The van der Waals surface area contributed by atoms with Crippen molar-refractivity contribution in [2.24, 2.45) is 5.73 Å². The minimum absolute atomic E-state index is 0.0648. The number of rotatable bonds is 3. The fraction of sp³-hybridized carbons (Fsp3) is 0.400. The smallest absolute Gasteiger partial charge is 0.159 e. The zero-order valence-corrected chi connectivity index (χ0v) is 9.44. The Hall–Kier alpha value is -0.480. The molecule has 1 atom stereocenters. The maximum atomic E-state index is 12.9. The molecule has 0 radical (unpaired) electrons. The number of hydrogen-bond acceptors (Lipinski definition) is 1. The summed E-state index contributed by atoms with van der Waals surface area (Å²) in [4.78, 5) is 0. The Kier molecular flexibility index (Phi) is 4.01. The highest BCUT2D eigenvalue weighted by molar-refractivity contribution is 9.10. The lowest BCUT2D eigenvalue weighted by atomic mass is 10.1. The quantitative estimate of drug-likeness (QED) is 0.834. The van der Waals surface area contributed by atoms with E-state index < -0.39 is 11.6 Å². The predicted molar refractivity (Wildman–Crippen MR) is 56.0 cm³/mol. The summed E-state index contributed by atoms with van der Waals surface area (Å²) in [5.74, 6) is -1.64. The first-order valence-corrected chi connectivity index (χ1v) is 5.19. The van der Waals surface area contributed by atoms with Gasteiger partial charge in [0, 0.05) is 10.5 Å². The SMILES string of the molecule is C[C@H](N)CCc1cc(F)c(F)cc1Br. The van der Waals surface area contributed by atoms with Crippen LogP contribution in [0.4, 0.5) is 8.78 Å². The lowest BCUT2D eigenvalue weighted by molar-refractivity contribution is 0.505. The van der Waals surface area contributed by atoms with Gasteiger partial charge in [-0.25, -0.2) is 8.78 Å². The van der Waals surface area contributed by atoms with E-state index in [1.807, 2.05) is 6.92 Å². The molecule has 0 fully saturated rings. The monoisotopic (exact) mass is 263 g/mol. The van der Waals surface area contributed by atoms with Gasteiger partial charge in [-0.05, 0) is 37.5 Å². The first-order valence-electron chi connectivity index (χ1n) is 4.39. The highest BCUT2D eigenvalue weighted by Crippen LogP contribution is 2.22. The summed E-state index contributed by atoms with van der Waals surface area (Å²) in [5, 5.41) is 0. The molecule has 0 heterocycles. The van der Waals surface area contributed by atoms with Crippen LogP contribution in [0.3, 0.4) is 0 Å². The van der Waals surface area contributed by atoms with E-state index in [2.05, 4.69) is 15.9 Å². The molecule has 1 rings (SSSR count). The van der Waals surface area contributed by atoms with Crippen molar-refractivity contribution in [3.63, 3.8) is 0 Å². The predicted octanol–water partition coefficient (Wildman–Crippen LogP) is 3.01. The van der Waals surface area contributed by atoms with Gasteiger partial charge in [-0.15, -0.1) is 0 Å². The van der Waals surface area contributed by atoms with Crippen LogP contribution >= 0.6 is 15.9 Å². The maximum absolute atomic E-state index is 12.9. The van der Waals surface area contributed by atoms with E-state index in [4.69, 9.17) is 5.73 Å². The molecule has 1 aromatic rings. The molecule has 2 N–H and O–H groups in total. The minimum Gasteiger partial charge on any atom is -0.328 e. The minimum atomic E-state index is -0.832. The number of aryl methyl sites for hydroxylation is 1. The normalized spacial score (nSPS) is 12.9. The van der Waals surface area contributed by atoms with Gasteiger partial charge in [-0.3, -0.25) is 0 Å². The van der Waals surface area contributed by atoms with Crippen LogP contribution in [-0.4, -0.2) is 6.04 Å². The van der Waals surface area contributed by atoms with Crippen LogP contribution in [0.2, 0.25) is 0 Å². The Labute approximate surface area is 90.4 Å². The first-order chi connectivity index (χ1) is 6.50. The van der Waals surface area contributed by atoms with E-state index >= 15 is 0 Å². The molecule has 0 aromatic heterocycles. The molecule has 0 aliphatic rings. The van der Waals surface area contributed by atoms with Crippen molar-refractivity contribution >= 4 is 15.9 Å². The summed E-state index contributed by atoms with van der Waals surface area (Å²) in [6.45, 7) is 1.88. The van der Waals surface area contributed by atoms with Crippen molar-refractivity contribution in [3.8, 4) is 0 Å². The Balaban J connectivity index is 2.82. The lowest BCUT2D eigenvalue weighted by Gasteiger charge is -2.07. The van der Waals surface area contributed by atoms with Crippen molar-refractivity contribution in [3.05, 3.63) is 33.8 Å². The molecular weight excluding hydrogens is 252 g/mol. The van der Waals surface area contributed by atoms with Gasteiger partial charge in [0.05, 0.1) is 0 Å². The van der Waals surface area contributed by atoms with Gasteiger partial charge in [-0.2, -0.15) is 0 Å². The number of benzene rings is 1. The number of hydrogen-bond donors (Lipinski definition) is 1.